The highest BCUT2D eigenvalue weighted by molar-refractivity contribution is 5.49. The van der Waals surface area contributed by atoms with Crippen LogP contribution in [0.1, 0.15) is 29.2 Å². The molecule has 0 bridgehead atoms. The third-order valence-corrected chi connectivity index (χ3v) is 6.25. The van der Waals surface area contributed by atoms with Crippen LogP contribution in [0.15, 0.2) is 78.9 Å². The van der Waals surface area contributed by atoms with Gasteiger partial charge in [-0.2, -0.15) is 26.3 Å². The van der Waals surface area contributed by atoms with Crippen LogP contribution < -0.4 is 9.64 Å². The summed E-state index contributed by atoms with van der Waals surface area (Å²) in [4.78, 5) is 4.16. The lowest BCUT2D eigenvalue weighted by Crippen LogP contribution is -2.47. The molecule has 1 aliphatic heterocycles. The molecule has 36 heavy (non-hydrogen) atoms. The number of anilines is 1. The molecule has 1 heterocycles. The molecule has 1 unspecified atom stereocenters. The Morgan fingerprint density at radius 3 is 1.94 bits per heavy atom. The van der Waals surface area contributed by atoms with Crippen LogP contribution in [0.5, 0.6) is 5.75 Å². The molecule has 3 aromatic rings. The minimum absolute atomic E-state index is 0.353. The average molecular weight is 509 g/mol. The van der Waals surface area contributed by atoms with E-state index in [9.17, 15) is 26.3 Å². The maximum Gasteiger partial charge on any atom is 0.416 e. The summed E-state index contributed by atoms with van der Waals surface area (Å²) in [6.45, 7) is 3.22. The van der Waals surface area contributed by atoms with E-state index in [1.54, 1.807) is 6.07 Å². The lowest BCUT2D eigenvalue weighted by molar-refractivity contribution is -0.138. The summed E-state index contributed by atoms with van der Waals surface area (Å²) >= 11 is 0. The van der Waals surface area contributed by atoms with Gasteiger partial charge >= 0.3 is 12.4 Å². The molecule has 0 radical (unpaired) electrons. The van der Waals surface area contributed by atoms with Gasteiger partial charge in [0.2, 0.25) is 0 Å². The second-order valence-corrected chi connectivity index (χ2v) is 8.70. The molecule has 0 aliphatic carbocycles. The molecular formula is C27H26F6N2O. The van der Waals surface area contributed by atoms with Crippen molar-refractivity contribution in [1.29, 1.82) is 0 Å². The largest absolute Gasteiger partial charge is 0.486 e. The summed E-state index contributed by atoms with van der Waals surface area (Å²) in [6.07, 6.45) is -8.54. The third kappa shape index (κ3) is 6.72. The van der Waals surface area contributed by atoms with Gasteiger partial charge in [0.25, 0.3) is 0 Å². The number of ether oxygens (including phenoxy) is 1. The zero-order valence-corrected chi connectivity index (χ0v) is 19.4. The normalized spacial score (nSPS) is 16.1. The SMILES string of the molecule is FC(F)(F)c1ccc(OC(CCN2CCN(c3cccc(C(F)(F)F)c3)CC2)c2ccccc2)cc1. The second kappa shape index (κ2) is 10.8. The predicted molar refractivity (Wildman–Crippen MR) is 126 cm³/mol. The van der Waals surface area contributed by atoms with E-state index in [0.717, 1.165) is 23.8 Å². The molecule has 3 nitrogen and oxygen atoms in total. The Morgan fingerprint density at radius 2 is 1.33 bits per heavy atom. The van der Waals surface area contributed by atoms with Crippen molar-refractivity contribution in [3.63, 3.8) is 0 Å². The fourth-order valence-corrected chi connectivity index (χ4v) is 4.26. The van der Waals surface area contributed by atoms with Gasteiger partial charge in [0.1, 0.15) is 11.9 Å². The molecule has 0 spiro atoms. The van der Waals surface area contributed by atoms with Gasteiger partial charge in [-0.1, -0.05) is 36.4 Å². The second-order valence-electron chi connectivity index (χ2n) is 8.70. The minimum atomic E-state index is -4.41. The molecule has 1 aliphatic rings. The molecule has 1 fully saturated rings. The molecule has 1 saturated heterocycles. The van der Waals surface area contributed by atoms with Gasteiger partial charge in [0.15, 0.2) is 0 Å². The summed E-state index contributed by atoms with van der Waals surface area (Å²) in [5.41, 5.74) is 0.0792. The van der Waals surface area contributed by atoms with Crippen LogP contribution in [0.4, 0.5) is 32.0 Å². The first-order valence-electron chi connectivity index (χ1n) is 11.6. The molecule has 0 saturated carbocycles. The van der Waals surface area contributed by atoms with Crippen LogP contribution in [0.25, 0.3) is 0 Å². The number of rotatable bonds is 7. The number of piperazine rings is 1. The van der Waals surface area contributed by atoms with Crippen molar-refractivity contribution in [3.05, 3.63) is 95.6 Å². The molecule has 0 aromatic heterocycles. The maximum absolute atomic E-state index is 13.1. The molecule has 9 heteroatoms. The quantitative estimate of drug-likeness (QED) is 0.318. The van der Waals surface area contributed by atoms with Crippen molar-refractivity contribution in [3.8, 4) is 5.75 Å². The molecule has 4 rings (SSSR count). The molecular weight excluding hydrogens is 482 g/mol. The molecule has 0 N–H and O–H groups in total. The Bertz CT molecular complexity index is 1110. The van der Waals surface area contributed by atoms with Crippen LogP contribution in [0, 0.1) is 0 Å². The first-order valence-corrected chi connectivity index (χ1v) is 11.6. The van der Waals surface area contributed by atoms with Crippen molar-refractivity contribution in [1.82, 2.24) is 4.90 Å². The Kier molecular flexibility index (Phi) is 7.78. The van der Waals surface area contributed by atoms with E-state index in [1.807, 2.05) is 35.2 Å². The van der Waals surface area contributed by atoms with E-state index in [0.29, 0.717) is 50.6 Å². The topological polar surface area (TPSA) is 15.7 Å². The zero-order valence-electron chi connectivity index (χ0n) is 19.4. The predicted octanol–water partition coefficient (Wildman–Crippen LogP) is 7.06. The van der Waals surface area contributed by atoms with E-state index >= 15 is 0 Å². The third-order valence-electron chi connectivity index (χ3n) is 6.25. The van der Waals surface area contributed by atoms with Crippen molar-refractivity contribution in [2.24, 2.45) is 0 Å². The van der Waals surface area contributed by atoms with Crippen molar-refractivity contribution in [2.45, 2.75) is 24.9 Å². The van der Waals surface area contributed by atoms with Crippen LogP contribution in [-0.2, 0) is 12.4 Å². The first-order chi connectivity index (χ1) is 17.1. The first kappa shape index (κ1) is 25.9. The van der Waals surface area contributed by atoms with E-state index in [-0.39, 0.29) is 6.10 Å². The number of hydrogen-bond acceptors (Lipinski definition) is 3. The minimum Gasteiger partial charge on any atom is -0.486 e. The summed E-state index contributed by atoms with van der Waals surface area (Å²) in [7, 11) is 0. The van der Waals surface area contributed by atoms with Crippen LogP contribution in [0.3, 0.4) is 0 Å². The Hall–Kier alpha value is -3.20. The van der Waals surface area contributed by atoms with Gasteiger partial charge in [0, 0.05) is 44.8 Å². The highest BCUT2D eigenvalue weighted by Gasteiger charge is 2.32. The van der Waals surface area contributed by atoms with Crippen LogP contribution in [0.2, 0.25) is 0 Å². The Balaban J connectivity index is 1.36. The summed E-state index contributed by atoms with van der Waals surface area (Å²) in [6, 6.07) is 19.5. The lowest BCUT2D eigenvalue weighted by Gasteiger charge is -2.37. The Labute approximate surface area is 205 Å². The number of alkyl halides is 6. The van der Waals surface area contributed by atoms with Gasteiger partial charge in [-0.05, 0) is 48.0 Å². The van der Waals surface area contributed by atoms with E-state index < -0.39 is 23.5 Å². The highest BCUT2D eigenvalue weighted by Crippen LogP contribution is 2.33. The van der Waals surface area contributed by atoms with Crippen LogP contribution in [-0.4, -0.2) is 37.6 Å². The molecule has 192 valence electrons. The summed E-state index contributed by atoms with van der Waals surface area (Å²) < 4.78 is 83.9. The van der Waals surface area contributed by atoms with Crippen molar-refractivity contribution >= 4 is 5.69 Å². The monoisotopic (exact) mass is 508 g/mol. The highest BCUT2D eigenvalue weighted by atomic mass is 19.4. The molecule has 3 aromatic carbocycles. The standard InChI is InChI=1S/C27H26F6N2O/c28-26(29,30)21-9-11-24(12-10-21)36-25(20-5-2-1-3-6-20)13-14-34-15-17-35(18-16-34)23-8-4-7-22(19-23)27(31,32)33/h1-12,19,25H,13-18H2. The molecule has 1 atom stereocenters. The maximum atomic E-state index is 13.1. The van der Waals surface area contributed by atoms with E-state index in [1.165, 1.54) is 24.3 Å². The van der Waals surface area contributed by atoms with E-state index in [4.69, 9.17) is 4.74 Å². The van der Waals surface area contributed by atoms with Gasteiger partial charge in [-0.25, -0.2) is 0 Å². The number of hydrogen-bond donors (Lipinski definition) is 0. The summed E-state index contributed by atoms with van der Waals surface area (Å²) in [5, 5.41) is 0. The fourth-order valence-electron chi connectivity index (χ4n) is 4.26. The van der Waals surface area contributed by atoms with Crippen LogP contribution >= 0.6 is 0 Å². The fraction of sp³-hybridized carbons (Fsp3) is 0.333. The lowest BCUT2D eigenvalue weighted by atomic mass is 10.1. The Morgan fingerprint density at radius 1 is 0.694 bits per heavy atom. The van der Waals surface area contributed by atoms with Crippen molar-refractivity contribution in [2.75, 3.05) is 37.6 Å². The number of nitrogens with zero attached hydrogens (tertiary/aromatic N) is 2. The average Bonchev–Trinajstić information content (AvgIpc) is 2.87. The van der Waals surface area contributed by atoms with Crippen molar-refractivity contribution < 1.29 is 31.1 Å². The van der Waals surface area contributed by atoms with Gasteiger partial charge in [0.05, 0.1) is 11.1 Å². The van der Waals surface area contributed by atoms with Gasteiger partial charge in [-0.15, -0.1) is 0 Å². The summed E-state index contributed by atoms with van der Waals surface area (Å²) in [5.74, 6) is 0.353. The van der Waals surface area contributed by atoms with Gasteiger partial charge in [-0.3, -0.25) is 4.90 Å². The zero-order chi connectivity index (χ0) is 25.8. The molecule has 0 amide bonds. The van der Waals surface area contributed by atoms with Gasteiger partial charge < -0.3 is 9.64 Å². The number of halogens is 6. The smallest absolute Gasteiger partial charge is 0.416 e. The number of benzene rings is 3. The van der Waals surface area contributed by atoms with E-state index in [2.05, 4.69) is 4.90 Å².